The summed E-state index contributed by atoms with van der Waals surface area (Å²) in [7, 11) is 0. The van der Waals surface area contributed by atoms with Crippen molar-refractivity contribution >= 4 is 5.97 Å². The number of carbonyl (C=O) groups excluding carboxylic acids is 1. The number of fused-ring (bicyclic) bond motifs is 6. The first-order valence-electron chi connectivity index (χ1n) is 14.7. The number of hydrogen-bond donors (Lipinski definition) is 0. The molecule has 0 spiro atoms. The van der Waals surface area contributed by atoms with Gasteiger partial charge in [0.15, 0.2) is 0 Å². The Kier molecular flexibility index (Phi) is 5.65. The Morgan fingerprint density at radius 3 is 2.20 bits per heavy atom. The molecule has 0 radical (unpaired) electrons. The van der Waals surface area contributed by atoms with Crippen LogP contribution in [0.25, 0.3) is 0 Å². The van der Waals surface area contributed by atoms with Crippen molar-refractivity contribution in [1.82, 2.24) is 0 Å². The third-order valence-electron chi connectivity index (χ3n) is 13.5. The van der Waals surface area contributed by atoms with E-state index < -0.39 is 0 Å². The van der Waals surface area contributed by atoms with Crippen molar-refractivity contribution in [1.29, 1.82) is 0 Å². The fourth-order valence-electron chi connectivity index (χ4n) is 10.9. The van der Waals surface area contributed by atoms with Crippen LogP contribution < -0.4 is 0 Å². The van der Waals surface area contributed by atoms with Crippen LogP contribution in [0.3, 0.4) is 0 Å². The van der Waals surface area contributed by atoms with Gasteiger partial charge in [-0.15, -0.1) is 6.58 Å². The molecular weight excluding hydrogens is 428 g/mol. The van der Waals surface area contributed by atoms with E-state index in [2.05, 4.69) is 61.1 Å². The Hall–Kier alpha value is -1.05. The summed E-state index contributed by atoms with van der Waals surface area (Å²) in [6.07, 6.45) is 16.4. The fourth-order valence-corrected chi connectivity index (χ4v) is 10.9. The van der Waals surface area contributed by atoms with E-state index in [0.717, 1.165) is 12.3 Å². The maximum atomic E-state index is 11.9. The third-order valence-corrected chi connectivity index (χ3v) is 13.5. The summed E-state index contributed by atoms with van der Waals surface area (Å²) in [5.74, 6) is 1.25. The average molecular weight is 481 g/mol. The number of esters is 1. The number of rotatable bonds is 2. The predicted molar refractivity (Wildman–Crippen MR) is 145 cm³/mol. The number of allylic oxidation sites excluding steroid dienone is 3. The lowest BCUT2D eigenvalue weighted by molar-refractivity contribution is -0.170. The monoisotopic (exact) mass is 480 g/mol. The molecule has 0 N–H and O–H groups in total. The van der Waals surface area contributed by atoms with Crippen molar-refractivity contribution in [2.75, 3.05) is 0 Å². The quantitative estimate of drug-likeness (QED) is 0.291. The van der Waals surface area contributed by atoms with Crippen LogP contribution in [0.4, 0.5) is 0 Å². The zero-order chi connectivity index (χ0) is 25.7. The molecular formula is C33H52O2. The molecule has 0 aromatic rings. The number of hydrogen-bond acceptors (Lipinski definition) is 2. The minimum atomic E-state index is -0.118. The van der Waals surface area contributed by atoms with Crippen LogP contribution in [0.2, 0.25) is 0 Å². The molecule has 196 valence electrons. The second kappa shape index (κ2) is 7.73. The van der Waals surface area contributed by atoms with Gasteiger partial charge in [0, 0.05) is 12.3 Å². The van der Waals surface area contributed by atoms with Crippen molar-refractivity contribution in [2.45, 2.75) is 132 Å². The third kappa shape index (κ3) is 3.36. The largest absolute Gasteiger partial charge is 0.462 e. The molecule has 2 heteroatoms. The lowest BCUT2D eigenvalue weighted by atomic mass is 9.35. The Balaban J connectivity index is 1.54. The Morgan fingerprint density at radius 1 is 0.857 bits per heavy atom. The first-order chi connectivity index (χ1) is 16.2. The van der Waals surface area contributed by atoms with Gasteiger partial charge in [-0.1, -0.05) is 65.7 Å². The van der Waals surface area contributed by atoms with Crippen LogP contribution in [0.5, 0.6) is 0 Å². The Labute approximate surface area is 215 Å². The van der Waals surface area contributed by atoms with E-state index >= 15 is 0 Å². The molecule has 0 heterocycles. The van der Waals surface area contributed by atoms with Crippen LogP contribution in [0.1, 0.15) is 126 Å². The molecule has 5 rings (SSSR count). The van der Waals surface area contributed by atoms with Gasteiger partial charge in [0.2, 0.25) is 0 Å². The van der Waals surface area contributed by atoms with Gasteiger partial charge in [0.05, 0.1) is 0 Å². The first kappa shape index (κ1) is 25.6. The summed E-state index contributed by atoms with van der Waals surface area (Å²) in [4.78, 5) is 11.9. The van der Waals surface area contributed by atoms with Gasteiger partial charge < -0.3 is 4.74 Å². The molecule has 0 amide bonds. The summed E-state index contributed by atoms with van der Waals surface area (Å²) in [5, 5.41) is 0. The highest BCUT2D eigenvalue weighted by atomic mass is 16.5. The zero-order valence-corrected chi connectivity index (χ0v) is 24.1. The molecule has 2 nitrogen and oxygen atoms in total. The van der Waals surface area contributed by atoms with E-state index in [4.69, 9.17) is 4.74 Å². The van der Waals surface area contributed by atoms with Gasteiger partial charge >= 0.3 is 5.97 Å². The summed E-state index contributed by atoms with van der Waals surface area (Å²) < 4.78 is 5.90. The van der Waals surface area contributed by atoms with Crippen LogP contribution in [0, 0.1) is 44.3 Å². The van der Waals surface area contributed by atoms with E-state index in [9.17, 15) is 4.79 Å². The maximum absolute atomic E-state index is 11.9. The van der Waals surface area contributed by atoms with Gasteiger partial charge in [-0.25, -0.2) is 0 Å². The zero-order valence-electron chi connectivity index (χ0n) is 24.1. The minimum absolute atomic E-state index is 0.0269. The van der Waals surface area contributed by atoms with E-state index in [1.54, 1.807) is 6.92 Å². The van der Waals surface area contributed by atoms with E-state index in [-0.39, 0.29) is 22.9 Å². The van der Waals surface area contributed by atoms with E-state index in [1.165, 1.54) is 64.2 Å². The van der Waals surface area contributed by atoms with Gasteiger partial charge in [0.1, 0.15) is 6.10 Å². The molecule has 3 fully saturated rings. The summed E-state index contributed by atoms with van der Waals surface area (Å²) in [5.41, 5.74) is 5.43. The Morgan fingerprint density at radius 2 is 1.54 bits per heavy atom. The number of carbonyl (C=O) groups is 1. The average Bonchev–Trinajstić information content (AvgIpc) is 2.78. The lowest BCUT2D eigenvalue weighted by Crippen LogP contribution is -2.61. The summed E-state index contributed by atoms with van der Waals surface area (Å²) in [6, 6.07) is 0. The van der Waals surface area contributed by atoms with Crippen molar-refractivity contribution < 1.29 is 9.53 Å². The molecule has 5 aliphatic rings. The highest BCUT2D eigenvalue weighted by molar-refractivity contribution is 5.66. The maximum Gasteiger partial charge on any atom is 0.302 e. The van der Waals surface area contributed by atoms with Gasteiger partial charge in [-0.05, 0) is 110 Å². The first-order valence-corrected chi connectivity index (χ1v) is 14.7. The van der Waals surface area contributed by atoms with Crippen molar-refractivity contribution in [3.05, 3.63) is 23.8 Å². The van der Waals surface area contributed by atoms with Crippen molar-refractivity contribution in [3.8, 4) is 0 Å². The van der Waals surface area contributed by atoms with Crippen molar-refractivity contribution in [3.63, 3.8) is 0 Å². The SMILES string of the molecule is C=C[C@]1(C)CC[C@]2(C)CC[C@]3(C)C4=C(CC[C@@]3(C)[C@@H]2C1)[C@@]1(C)CC[C@H](OC(C)=O)C(C)(C)C1CC4. The molecule has 0 bridgehead atoms. The predicted octanol–water partition coefficient (Wildman–Crippen LogP) is 9.05. The molecule has 3 saturated carbocycles. The fraction of sp³-hybridized carbons (Fsp3) is 0.848. The van der Waals surface area contributed by atoms with Gasteiger partial charge in [-0.2, -0.15) is 0 Å². The second-order valence-corrected chi connectivity index (χ2v) is 15.4. The van der Waals surface area contributed by atoms with E-state index in [0.29, 0.717) is 27.6 Å². The molecule has 0 aromatic carbocycles. The summed E-state index contributed by atoms with van der Waals surface area (Å²) >= 11 is 0. The summed E-state index contributed by atoms with van der Waals surface area (Å²) in [6.45, 7) is 23.7. The molecule has 8 atom stereocenters. The molecule has 1 unspecified atom stereocenters. The van der Waals surface area contributed by atoms with Gasteiger partial charge in [0.25, 0.3) is 0 Å². The normalized spacial score (nSPS) is 50.8. The highest BCUT2D eigenvalue weighted by Gasteiger charge is 2.66. The minimum Gasteiger partial charge on any atom is -0.462 e. The Bertz CT molecular complexity index is 958. The van der Waals surface area contributed by atoms with E-state index in [1.807, 2.05) is 11.1 Å². The topological polar surface area (TPSA) is 26.3 Å². The lowest BCUT2D eigenvalue weighted by Gasteiger charge is -2.69. The highest BCUT2D eigenvalue weighted by Crippen LogP contribution is 2.75. The van der Waals surface area contributed by atoms with Crippen LogP contribution in [0.15, 0.2) is 23.8 Å². The molecule has 0 aromatic heterocycles. The van der Waals surface area contributed by atoms with Crippen LogP contribution in [-0.4, -0.2) is 12.1 Å². The smallest absolute Gasteiger partial charge is 0.302 e. The van der Waals surface area contributed by atoms with Gasteiger partial charge in [-0.3, -0.25) is 4.79 Å². The molecule has 35 heavy (non-hydrogen) atoms. The molecule has 0 aliphatic heterocycles. The van der Waals surface area contributed by atoms with Crippen LogP contribution >= 0.6 is 0 Å². The van der Waals surface area contributed by atoms with Crippen molar-refractivity contribution in [2.24, 2.45) is 44.3 Å². The number of ether oxygens (including phenoxy) is 1. The van der Waals surface area contributed by atoms with Crippen LogP contribution in [-0.2, 0) is 9.53 Å². The second-order valence-electron chi connectivity index (χ2n) is 15.4. The molecule has 5 aliphatic carbocycles. The molecule has 0 saturated heterocycles. The standard InChI is InChI=1S/C33H52O2/c1-10-29(5)17-18-30(6)19-20-32(8)24-11-12-25-28(3,4)27(35-22(2)34)14-15-31(25,7)23(24)13-16-33(32,9)26(30)21-29/h10,25-27H,1,11-21H2,2-9H3/t25?,26-,27+,29-,30-,31-,32-,33+/m1/s1.